The van der Waals surface area contributed by atoms with Crippen LogP contribution in [0.15, 0.2) is 42.6 Å². The molecule has 108 valence electrons. The van der Waals surface area contributed by atoms with Crippen LogP contribution in [-0.4, -0.2) is 15.8 Å². The lowest BCUT2D eigenvalue weighted by Crippen LogP contribution is -2.24. The molecule has 2 heterocycles. The van der Waals surface area contributed by atoms with Crippen LogP contribution in [0.2, 0.25) is 0 Å². The van der Waals surface area contributed by atoms with E-state index in [4.69, 9.17) is 9.05 Å². The van der Waals surface area contributed by atoms with Gasteiger partial charge in [-0.15, -0.1) is 0 Å². The molecule has 1 amide bonds. The fourth-order valence-electron chi connectivity index (χ4n) is 1.88. The second-order valence-electron chi connectivity index (χ2n) is 4.45. The first-order valence-electron chi connectivity index (χ1n) is 6.05. The number of nitrogens with zero attached hydrogens (tertiary/aromatic N) is 2. The number of carbonyl (C=O) groups is 1. The standard InChI is InChI=1S/C13H10BrN3O4/c1-7-4-12(20-16-7)15-11(18)6-17-13(19)9-3-2-8(14)5-10(9)21-17/h2-5H,6H2,1H3,(H,15,18). The third-order valence-corrected chi connectivity index (χ3v) is 3.28. The van der Waals surface area contributed by atoms with Gasteiger partial charge in [-0.3, -0.25) is 14.9 Å². The van der Waals surface area contributed by atoms with Gasteiger partial charge >= 0.3 is 0 Å². The van der Waals surface area contributed by atoms with E-state index >= 15 is 0 Å². The van der Waals surface area contributed by atoms with Crippen LogP contribution in [0.3, 0.4) is 0 Å². The van der Waals surface area contributed by atoms with E-state index in [0.29, 0.717) is 16.7 Å². The maximum atomic E-state index is 12.1. The molecule has 1 aromatic carbocycles. The summed E-state index contributed by atoms with van der Waals surface area (Å²) in [5.41, 5.74) is 0.704. The zero-order valence-corrected chi connectivity index (χ0v) is 12.5. The minimum atomic E-state index is -0.439. The minimum absolute atomic E-state index is 0.226. The molecule has 0 spiro atoms. The van der Waals surface area contributed by atoms with Crippen molar-refractivity contribution in [2.75, 3.05) is 5.32 Å². The average Bonchev–Trinajstić information content (AvgIpc) is 2.94. The van der Waals surface area contributed by atoms with Gasteiger partial charge in [0.1, 0.15) is 6.54 Å². The fourth-order valence-corrected chi connectivity index (χ4v) is 2.22. The van der Waals surface area contributed by atoms with Gasteiger partial charge < -0.3 is 9.05 Å². The highest BCUT2D eigenvalue weighted by Crippen LogP contribution is 2.17. The van der Waals surface area contributed by atoms with Gasteiger partial charge in [0.25, 0.3) is 5.56 Å². The van der Waals surface area contributed by atoms with Crippen molar-refractivity contribution in [3.05, 3.63) is 44.8 Å². The zero-order valence-electron chi connectivity index (χ0n) is 10.9. The van der Waals surface area contributed by atoms with Gasteiger partial charge in [0.15, 0.2) is 5.58 Å². The fraction of sp³-hybridized carbons (Fsp3) is 0.154. The van der Waals surface area contributed by atoms with Crippen LogP contribution < -0.4 is 10.9 Å². The molecule has 7 nitrogen and oxygen atoms in total. The predicted octanol–water partition coefficient (Wildman–Crippen LogP) is 2.29. The molecular formula is C13H10BrN3O4. The van der Waals surface area contributed by atoms with E-state index in [1.54, 1.807) is 31.2 Å². The Morgan fingerprint density at radius 2 is 2.24 bits per heavy atom. The Labute approximate surface area is 126 Å². The molecular weight excluding hydrogens is 342 g/mol. The van der Waals surface area contributed by atoms with Crippen LogP contribution in [-0.2, 0) is 11.3 Å². The molecule has 0 aliphatic heterocycles. The molecule has 0 radical (unpaired) electrons. The number of benzene rings is 1. The lowest BCUT2D eigenvalue weighted by molar-refractivity contribution is -0.117. The highest BCUT2D eigenvalue weighted by atomic mass is 79.9. The molecule has 3 aromatic rings. The summed E-state index contributed by atoms with van der Waals surface area (Å²) in [5, 5.41) is 6.57. The van der Waals surface area contributed by atoms with Gasteiger partial charge in [0.05, 0.1) is 11.1 Å². The number of halogens is 1. The monoisotopic (exact) mass is 351 g/mol. The molecule has 3 rings (SSSR count). The van der Waals surface area contributed by atoms with Crippen molar-refractivity contribution >= 4 is 38.7 Å². The lowest BCUT2D eigenvalue weighted by atomic mass is 10.3. The van der Waals surface area contributed by atoms with Crippen LogP contribution >= 0.6 is 15.9 Å². The van der Waals surface area contributed by atoms with E-state index in [1.807, 2.05) is 0 Å². The molecule has 8 heteroatoms. The number of rotatable bonds is 3. The quantitative estimate of drug-likeness (QED) is 0.781. The first kappa shape index (κ1) is 13.6. The first-order chi connectivity index (χ1) is 10.0. The summed E-state index contributed by atoms with van der Waals surface area (Å²) in [4.78, 5) is 23.9. The third kappa shape index (κ3) is 2.75. The van der Waals surface area contributed by atoms with Crippen LogP contribution in [0.1, 0.15) is 5.69 Å². The molecule has 1 N–H and O–H groups in total. The normalized spacial score (nSPS) is 11.0. The average molecular weight is 352 g/mol. The molecule has 0 aliphatic rings. The largest absolute Gasteiger partial charge is 0.375 e. The second-order valence-corrected chi connectivity index (χ2v) is 5.37. The van der Waals surface area contributed by atoms with E-state index in [-0.39, 0.29) is 18.0 Å². The van der Waals surface area contributed by atoms with Crippen LogP contribution in [0.4, 0.5) is 5.88 Å². The van der Waals surface area contributed by atoms with Gasteiger partial charge in [-0.05, 0) is 25.1 Å². The van der Waals surface area contributed by atoms with E-state index < -0.39 is 5.91 Å². The van der Waals surface area contributed by atoms with Gasteiger partial charge in [0.2, 0.25) is 11.8 Å². The third-order valence-electron chi connectivity index (χ3n) is 2.79. The van der Waals surface area contributed by atoms with Crippen molar-refractivity contribution in [3.8, 4) is 0 Å². The molecule has 0 aliphatic carbocycles. The Balaban J connectivity index is 1.83. The second kappa shape index (κ2) is 5.21. The highest BCUT2D eigenvalue weighted by Gasteiger charge is 2.14. The van der Waals surface area contributed by atoms with Crippen molar-refractivity contribution in [1.29, 1.82) is 0 Å². The van der Waals surface area contributed by atoms with Crippen molar-refractivity contribution < 1.29 is 13.8 Å². The van der Waals surface area contributed by atoms with Crippen LogP contribution in [0.5, 0.6) is 0 Å². The number of amides is 1. The Bertz CT molecular complexity index is 877. The summed E-state index contributed by atoms with van der Waals surface area (Å²) in [6.45, 7) is 1.49. The van der Waals surface area contributed by atoms with Crippen molar-refractivity contribution in [2.45, 2.75) is 13.5 Å². The van der Waals surface area contributed by atoms with Gasteiger partial charge in [-0.25, -0.2) is 0 Å². The molecule has 0 saturated heterocycles. The van der Waals surface area contributed by atoms with Crippen LogP contribution in [0.25, 0.3) is 11.0 Å². The topological polar surface area (TPSA) is 90.3 Å². The van der Waals surface area contributed by atoms with Gasteiger partial charge in [-0.2, -0.15) is 4.74 Å². The van der Waals surface area contributed by atoms with Crippen molar-refractivity contribution in [1.82, 2.24) is 9.90 Å². The number of hydrogen-bond donors (Lipinski definition) is 1. The summed E-state index contributed by atoms with van der Waals surface area (Å²) in [6.07, 6.45) is 0. The molecule has 0 saturated carbocycles. The Hall–Kier alpha value is -2.35. The summed E-state index contributed by atoms with van der Waals surface area (Å²) in [7, 11) is 0. The van der Waals surface area contributed by atoms with Crippen molar-refractivity contribution in [2.24, 2.45) is 0 Å². The van der Waals surface area contributed by atoms with Gasteiger partial charge in [-0.1, -0.05) is 21.1 Å². The number of anilines is 1. The Morgan fingerprint density at radius 1 is 1.43 bits per heavy atom. The first-order valence-corrected chi connectivity index (χ1v) is 6.85. The minimum Gasteiger partial charge on any atom is -0.375 e. The summed E-state index contributed by atoms with van der Waals surface area (Å²) < 4.78 is 12.0. The predicted molar refractivity (Wildman–Crippen MR) is 78.0 cm³/mol. The van der Waals surface area contributed by atoms with E-state index in [0.717, 1.165) is 9.21 Å². The number of carbonyl (C=O) groups excluding carboxylic acids is 1. The van der Waals surface area contributed by atoms with E-state index in [9.17, 15) is 9.59 Å². The Morgan fingerprint density at radius 3 is 2.95 bits per heavy atom. The van der Waals surface area contributed by atoms with E-state index in [2.05, 4.69) is 26.4 Å². The van der Waals surface area contributed by atoms with Gasteiger partial charge in [0, 0.05) is 10.5 Å². The van der Waals surface area contributed by atoms with Crippen molar-refractivity contribution in [3.63, 3.8) is 0 Å². The summed E-state index contributed by atoms with van der Waals surface area (Å²) >= 11 is 3.29. The molecule has 21 heavy (non-hydrogen) atoms. The number of hydrogen-bond acceptors (Lipinski definition) is 5. The van der Waals surface area contributed by atoms with Crippen LogP contribution in [0, 0.1) is 6.92 Å². The molecule has 2 aromatic heterocycles. The molecule has 0 fully saturated rings. The summed E-state index contributed by atoms with van der Waals surface area (Å²) in [5.74, 6) is -0.212. The number of fused-ring (bicyclic) bond motifs is 1. The zero-order chi connectivity index (χ0) is 15.0. The lowest BCUT2D eigenvalue weighted by Gasteiger charge is -1.99. The molecule has 0 unspecified atom stereocenters. The SMILES string of the molecule is Cc1cc(NC(=O)Cn2oc3cc(Br)ccc3c2=O)on1. The molecule has 0 atom stereocenters. The maximum absolute atomic E-state index is 12.1. The highest BCUT2D eigenvalue weighted by molar-refractivity contribution is 9.10. The summed E-state index contributed by atoms with van der Waals surface area (Å²) in [6, 6.07) is 6.63. The molecule has 0 bridgehead atoms. The number of aromatic nitrogens is 2. The number of aryl methyl sites for hydroxylation is 1. The number of nitrogens with one attached hydrogen (secondary N) is 1. The van der Waals surface area contributed by atoms with E-state index in [1.165, 1.54) is 0 Å². The maximum Gasteiger partial charge on any atom is 0.290 e. The Kier molecular flexibility index (Phi) is 3.38. The smallest absolute Gasteiger partial charge is 0.290 e.